The Morgan fingerprint density at radius 3 is 3.00 bits per heavy atom. The molecule has 0 spiro atoms. The number of nitrogens with zero attached hydrogens (tertiary/aromatic N) is 1. The zero-order valence-electron chi connectivity index (χ0n) is 8.69. The molecule has 15 heavy (non-hydrogen) atoms. The summed E-state index contributed by atoms with van der Waals surface area (Å²) in [6.07, 6.45) is 5.84. The van der Waals surface area contributed by atoms with Crippen molar-refractivity contribution >= 4 is 17.2 Å². The number of aryl methyl sites for hydroxylation is 1. The lowest BCUT2D eigenvalue weighted by Crippen LogP contribution is -2.23. The Labute approximate surface area is 93.9 Å². The van der Waals surface area contributed by atoms with Crippen LogP contribution in [0.5, 0.6) is 0 Å². The average molecular weight is 219 g/mol. The second kappa shape index (κ2) is 4.08. The normalized spacial score (nSPS) is 20.7. The molecule has 2 nitrogen and oxygen atoms in total. The third kappa shape index (κ3) is 2.21. The summed E-state index contributed by atoms with van der Waals surface area (Å²) < 4.78 is 0. The molecule has 1 unspecified atom stereocenters. The highest BCUT2D eigenvalue weighted by molar-refractivity contribution is 7.11. The van der Waals surface area contributed by atoms with E-state index in [1.807, 2.05) is 4.90 Å². The van der Waals surface area contributed by atoms with Crippen molar-refractivity contribution in [2.45, 2.75) is 19.9 Å². The van der Waals surface area contributed by atoms with Gasteiger partial charge in [0.2, 0.25) is 5.91 Å². The van der Waals surface area contributed by atoms with Gasteiger partial charge in [-0.2, -0.15) is 0 Å². The topological polar surface area (TPSA) is 20.3 Å². The molecule has 78 valence electrons. The number of amides is 1. The molecule has 1 aromatic heterocycles. The van der Waals surface area contributed by atoms with Crippen molar-refractivity contribution in [3.63, 3.8) is 0 Å². The third-order valence-electron chi connectivity index (χ3n) is 2.59. The first-order valence-corrected chi connectivity index (χ1v) is 5.80. The van der Waals surface area contributed by atoms with Gasteiger partial charge in [0.25, 0.3) is 0 Å². The molecule has 0 aromatic carbocycles. The number of thiophene rings is 1. The van der Waals surface area contributed by atoms with Gasteiger partial charge < -0.3 is 4.90 Å². The van der Waals surface area contributed by atoms with Gasteiger partial charge >= 0.3 is 0 Å². The molecule has 1 aliphatic heterocycles. The number of terminal acetylenes is 1. The summed E-state index contributed by atoms with van der Waals surface area (Å²) >= 11 is 1.74. The van der Waals surface area contributed by atoms with Crippen molar-refractivity contribution in [1.82, 2.24) is 4.90 Å². The Bertz CT molecular complexity index is 416. The van der Waals surface area contributed by atoms with E-state index in [0.717, 1.165) is 6.54 Å². The van der Waals surface area contributed by atoms with Gasteiger partial charge in [0.15, 0.2) is 0 Å². The maximum Gasteiger partial charge on any atom is 0.224 e. The van der Waals surface area contributed by atoms with Gasteiger partial charge in [0, 0.05) is 28.6 Å². The highest BCUT2D eigenvalue weighted by Crippen LogP contribution is 2.22. The Hall–Kier alpha value is -1.27. The molecule has 0 aliphatic carbocycles. The van der Waals surface area contributed by atoms with Crippen molar-refractivity contribution in [2.75, 3.05) is 6.54 Å². The Morgan fingerprint density at radius 2 is 2.47 bits per heavy atom. The molecule has 1 aromatic rings. The van der Waals surface area contributed by atoms with Crippen molar-refractivity contribution in [1.29, 1.82) is 0 Å². The minimum absolute atomic E-state index is 0.110. The van der Waals surface area contributed by atoms with E-state index < -0.39 is 0 Å². The zero-order valence-corrected chi connectivity index (χ0v) is 9.51. The number of hydrogen-bond acceptors (Lipinski definition) is 2. The molecule has 1 aliphatic rings. The summed E-state index contributed by atoms with van der Waals surface area (Å²) in [6, 6.07) is 4.16. The zero-order chi connectivity index (χ0) is 10.8. The summed E-state index contributed by atoms with van der Waals surface area (Å²) in [5, 5.41) is 0. The van der Waals surface area contributed by atoms with Crippen LogP contribution in [0.25, 0.3) is 0 Å². The summed E-state index contributed by atoms with van der Waals surface area (Å²) in [4.78, 5) is 16.0. The van der Waals surface area contributed by atoms with Crippen molar-refractivity contribution in [3.05, 3.63) is 21.9 Å². The van der Waals surface area contributed by atoms with Crippen LogP contribution in [0, 0.1) is 25.2 Å². The quantitative estimate of drug-likeness (QED) is 0.697. The van der Waals surface area contributed by atoms with Gasteiger partial charge in [0.1, 0.15) is 0 Å². The number of rotatable bonds is 2. The fraction of sp³-hybridized carbons (Fsp3) is 0.417. The molecule has 2 heterocycles. The Morgan fingerprint density at radius 1 is 1.67 bits per heavy atom. The molecule has 0 saturated carbocycles. The lowest BCUT2D eigenvalue weighted by Gasteiger charge is -2.14. The molecule has 3 heteroatoms. The molecular formula is C12H13NOS. The monoisotopic (exact) mass is 219 g/mol. The van der Waals surface area contributed by atoms with E-state index in [0.29, 0.717) is 13.0 Å². The Balaban J connectivity index is 2.02. The SMILES string of the molecule is C#CC1CC(=O)N(Cc2ccc(C)s2)C1. The van der Waals surface area contributed by atoms with Crippen LogP contribution in [0.2, 0.25) is 0 Å². The van der Waals surface area contributed by atoms with Crippen LogP contribution in [0.3, 0.4) is 0 Å². The summed E-state index contributed by atoms with van der Waals surface area (Å²) in [7, 11) is 0. The van der Waals surface area contributed by atoms with Crippen molar-refractivity contribution in [2.24, 2.45) is 5.92 Å². The van der Waals surface area contributed by atoms with Crippen LogP contribution in [-0.4, -0.2) is 17.4 Å². The first-order valence-electron chi connectivity index (χ1n) is 4.98. The number of carbonyl (C=O) groups excluding carboxylic acids is 1. The molecule has 0 radical (unpaired) electrons. The fourth-order valence-corrected chi connectivity index (χ4v) is 2.70. The maximum atomic E-state index is 11.6. The minimum Gasteiger partial charge on any atom is -0.336 e. The van der Waals surface area contributed by atoms with Crippen LogP contribution < -0.4 is 0 Å². The van der Waals surface area contributed by atoms with Crippen LogP contribution >= 0.6 is 11.3 Å². The highest BCUT2D eigenvalue weighted by atomic mass is 32.1. The molecule has 1 amide bonds. The van der Waals surface area contributed by atoms with E-state index in [4.69, 9.17) is 6.42 Å². The van der Waals surface area contributed by atoms with Gasteiger partial charge in [0.05, 0.1) is 6.54 Å². The number of likely N-dealkylation sites (tertiary alicyclic amines) is 1. The maximum absolute atomic E-state index is 11.6. The van der Waals surface area contributed by atoms with Crippen molar-refractivity contribution < 1.29 is 4.79 Å². The summed E-state index contributed by atoms with van der Waals surface area (Å²) in [5.74, 6) is 2.95. The molecule has 0 N–H and O–H groups in total. The molecule has 1 atom stereocenters. The minimum atomic E-state index is 0.110. The average Bonchev–Trinajstić information content (AvgIpc) is 2.75. The standard InChI is InChI=1S/C12H13NOS/c1-3-10-6-12(14)13(7-10)8-11-5-4-9(2)15-11/h1,4-5,10H,6-8H2,2H3. The van der Waals surface area contributed by atoms with E-state index in [-0.39, 0.29) is 11.8 Å². The molecule has 0 bridgehead atoms. The van der Waals surface area contributed by atoms with Gasteiger partial charge in [-0.05, 0) is 19.1 Å². The van der Waals surface area contributed by atoms with E-state index in [9.17, 15) is 4.79 Å². The number of carbonyl (C=O) groups is 1. The van der Waals surface area contributed by atoms with E-state index in [2.05, 4.69) is 25.0 Å². The van der Waals surface area contributed by atoms with Gasteiger partial charge in [-0.25, -0.2) is 0 Å². The largest absolute Gasteiger partial charge is 0.336 e. The Kier molecular flexibility index (Phi) is 2.79. The number of hydrogen-bond donors (Lipinski definition) is 0. The highest BCUT2D eigenvalue weighted by Gasteiger charge is 2.28. The van der Waals surface area contributed by atoms with Crippen LogP contribution in [0.1, 0.15) is 16.2 Å². The predicted molar refractivity (Wildman–Crippen MR) is 61.4 cm³/mol. The lowest BCUT2D eigenvalue weighted by atomic mass is 10.1. The second-order valence-corrected chi connectivity index (χ2v) is 5.23. The first kappa shape index (κ1) is 10.3. The van der Waals surface area contributed by atoms with Crippen LogP contribution in [0.4, 0.5) is 0 Å². The van der Waals surface area contributed by atoms with E-state index in [1.165, 1.54) is 9.75 Å². The molecular weight excluding hydrogens is 206 g/mol. The third-order valence-corrected chi connectivity index (χ3v) is 3.58. The molecule has 2 rings (SSSR count). The van der Waals surface area contributed by atoms with Crippen LogP contribution in [-0.2, 0) is 11.3 Å². The molecule has 1 saturated heterocycles. The predicted octanol–water partition coefficient (Wildman–Crippen LogP) is 2.04. The van der Waals surface area contributed by atoms with Gasteiger partial charge in [-0.15, -0.1) is 23.7 Å². The summed E-state index contributed by atoms with van der Waals surface area (Å²) in [5.41, 5.74) is 0. The van der Waals surface area contributed by atoms with E-state index >= 15 is 0 Å². The van der Waals surface area contributed by atoms with Gasteiger partial charge in [-0.1, -0.05) is 0 Å². The van der Waals surface area contributed by atoms with Crippen LogP contribution in [0.15, 0.2) is 12.1 Å². The van der Waals surface area contributed by atoms with E-state index in [1.54, 1.807) is 11.3 Å². The summed E-state index contributed by atoms with van der Waals surface area (Å²) in [6.45, 7) is 3.51. The first-order chi connectivity index (χ1) is 7.19. The second-order valence-electron chi connectivity index (χ2n) is 3.85. The van der Waals surface area contributed by atoms with Crippen molar-refractivity contribution in [3.8, 4) is 12.3 Å². The lowest BCUT2D eigenvalue weighted by molar-refractivity contribution is -0.128. The smallest absolute Gasteiger partial charge is 0.224 e. The van der Waals surface area contributed by atoms with Gasteiger partial charge in [-0.3, -0.25) is 4.79 Å². The molecule has 1 fully saturated rings. The fourth-order valence-electron chi connectivity index (χ4n) is 1.79.